The quantitative estimate of drug-likeness (QED) is 0.659. The summed E-state index contributed by atoms with van der Waals surface area (Å²) in [6.45, 7) is 4.19. The van der Waals surface area contributed by atoms with Gasteiger partial charge in [0.05, 0.1) is 0 Å². The van der Waals surface area contributed by atoms with Crippen LogP contribution in [0.15, 0.2) is 0 Å². The van der Waals surface area contributed by atoms with Gasteiger partial charge in [-0.2, -0.15) is 0 Å². The fraction of sp³-hybridized carbons (Fsp3) is 0.800. The average molecular weight is 213 g/mol. The maximum Gasteiger partial charge on any atom is 0.240 e. The third-order valence-electron chi connectivity index (χ3n) is 2.74. The zero-order valence-corrected chi connectivity index (χ0v) is 9.27. The molecule has 1 heterocycles. The molecule has 0 unspecified atom stereocenters. The number of hydrogen-bond donors (Lipinski definition) is 2. The summed E-state index contributed by atoms with van der Waals surface area (Å²) in [5.41, 5.74) is 11.1. The molecular formula is C10H19N3O2. The Morgan fingerprint density at radius 2 is 2.13 bits per heavy atom. The summed E-state index contributed by atoms with van der Waals surface area (Å²) in [5, 5.41) is 0. The van der Waals surface area contributed by atoms with Crippen LogP contribution in [-0.2, 0) is 9.59 Å². The highest BCUT2D eigenvalue weighted by Gasteiger charge is 2.34. The number of likely N-dealkylation sites (tertiary alicyclic amines) is 1. The summed E-state index contributed by atoms with van der Waals surface area (Å²) in [6.07, 6.45) is 1.11. The molecule has 1 aliphatic rings. The molecule has 5 heteroatoms. The van der Waals surface area contributed by atoms with E-state index in [1.807, 2.05) is 13.8 Å². The van der Waals surface area contributed by atoms with Gasteiger partial charge in [0.2, 0.25) is 11.8 Å². The number of amides is 2. The Hall–Kier alpha value is -1.10. The van der Waals surface area contributed by atoms with E-state index in [0.29, 0.717) is 19.4 Å². The van der Waals surface area contributed by atoms with Crippen molar-refractivity contribution in [2.24, 2.45) is 17.4 Å². The molecule has 86 valence electrons. The van der Waals surface area contributed by atoms with Crippen molar-refractivity contribution >= 4 is 11.8 Å². The zero-order valence-electron chi connectivity index (χ0n) is 9.27. The highest BCUT2D eigenvalue weighted by atomic mass is 16.2. The van der Waals surface area contributed by atoms with E-state index in [4.69, 9.17) is 11.5 Å². The predicted octanol–water partition coefficient (Wildman–Crippen LogP) is -0.554. The Morgan fingerprint density at radius 1 is 1.53 bits per heavy atom. The largest absolute Gasteiger partial charge is 0.368 e. The molecule has 1 fully saturated rings. The summed E-state index contributed by atoms with van der Waals surface area (Å²) in [6, 6.07) is -0.563. The first-order valence-corrected chi connectivity index (χ1v) is 5.28. The molecule has 0 bridgehead atoms. The lowest BCUT2D eigenvalue weighted by Gasteiger charge is -2.37. The van der Waals surface area contributed by atoms with Gasteiger partial charge in [-0.25, -0.2) is 0 Å². The molecular weight excluding hydrogens is 194 g/mol. The number of nitrogens with zero attached hydrogens (tertiary/aromatic N) is 1. The third kappa shape index (κ3) is 2.68. The molecule has 0 aromatic rings. The van der Waals surface area contributed by atoms with Gasteiger partial charge in [-0.15, -0.1) is 0 Å². The second-order valence-corrected chi connectivity index (χ2v) is 4.44. The standard InChI is InChI=1S/C10H19N3O2/c1-6(2)9(10(12)15)13-5-7(11)3-4-8(13)14/h6-7,9H,3-5,11H2,1-2H3,(H2,12,15)/t7-,9-/m1/s1. The summed E-state index contributed by atoms with van der Waals surface area (Å²) >= 11 is 0. The molecule has 2 atom stereocenters. The molecule has 0 radical (unpaired) electrons. The predicted molar refractivity (Wildman–Crippen MR) is 56.7 cm³/mol. The van der Waals surface area contributed by atoms with Crippen molar-refractivity contribution in [1.82, 2.24) is 4.90 Å². The van der Waals surface area contributed by atoms with Crippen LogP contribution in [0.5, 0.6) is 0 Å². The van der Waals surface area contributed by atoms with Crippen LogP contribution in [-0.4, -0.2) is 35.3 Å². The maximum atomic E-state index is 11.7. The second kappa shape index (κ2) is 4.61. The van der Waals surface area contributed by atoms with Gasteiger partial charge >= 0.3 is 0 Å². The van der Waals surface area contributed by atoms with E-state index in [1.165, 1.54) is 4.90 Å². The van der Waals surface area contributed by atoms with E-state index in [1.54, 1.807) is 0 Å². The Bertz CT molecular complexity index is 265. The lowest BCUT2D eigenvalue weighted by Crippen LogP contribution is -2.56. The molecule has 1 saturated heterocycles. The first-order chi connectivity index (χ1) is 6.93. The third-order valence-corrected chi connectivity index (χ3v) is 2.74. The molecule has 0 aliphatic carbocycles. The fourth-order valence-electron chi connectivity index (χ4n) is 2.01. The minimum absolute atomic E-state index is 0.0193. The Morgan fingerprint density at radius 3 is 2.60 bits per heavy atom. The molecule has 2 amide bonds. The van der Waals surface area contributed by atoms with Crippen LogP contribution >= 0.6 is 0 Å². The summed E-state index contributed by atoms with van der Waals surface area (Å²) in [4.78, 5) is 24.5. The molecule has 4 N–H and O–H groups in total. The Labute approximate surface area is 89.8 Å². The van der Waals surface area contributed by atoms with Crippen LogP contribution in [0.25, 0.3) is 0 Å². The number of primary amides is 1. The minimum Gasteiger partial charge on any atom is -0.368 e. The molecule has 0 aromatic heterocycles. The minimum atomic E-state index is -0.524. The fourth-order valence-corrected chi connectivity index (χ4v) is 2.01. The van der Waals surface area contributed by atoms with Crippen LogP contribution in [0.1, 0.15) is 26.7 Å². The van der Waals surface area contributed by atoms with E-state index in [9.17, 15) is 9.59 Å². The number of rotatable bonds is 3. The zero-order chi connectivity index (χ0) is 11.6. The molecule has 0 saturated carbocycles. The monoisotopic (exact) mass is 213 g/mol. The number of piperidine rings is 1. The van der Waals surface area contributed by atoms with Gasteiger partial charge in [-0.05, 0) is 12.3 Å². The van der Waals surface area contributed by atoms with Crippen molar-refractivity contribution in [3.63, 3.8) is 0 Å². The number of carbonyl (C=O) groups is 2. The van der Waals surface area contributed by atoms with E-state index >= 15 is 0 Å². The van der Waals surface area contributed by atoms with Gasteiger partial charge in [0.1, 0.15) is 6.04 Å². The van der Waals surface area contributed by atoms with Crippen LogP contribution < -0.4 is 11.5 Å². The topological polar surface area (TPSA) is 89.4 Å². The van der Waals surface area contributed by atoms with Gasteiger partial charge in [-0.1, -0.05) is 13.8 Å². The Kier molecular flexibility index (Phi) is 3.68. The number of nitrogens with two attached hydrogens (primary N) is 2. The molecule has 5 nitrogen and oxygen atoms in total. The summed E-state index contributed by atoms with van der Waals surface area (Å²) in [7, 11) is 0. The molecule has 15 heavy (non-hydrogen) atoms. The lowest BCUT2D eigenvalue weighted by atomic mass is 9.97. The van der Waals surface area contributed by atoms with E-state index in [-0.39, 0.29) is 17.9 Å². The Balaban J connectivity index is 2.81. The van der Waals surface area contributed by atoms with Gasteiger partial charge in [0.15, 0.2) is 0 Å². The summed E-state index contributed by atoms with van der Waals surface area (Å²) in [5.74, 6) is -0.446. The highest BCUT2D eigenvalue weighted by Crippen LogP contribution is 2.18. The first kappa shape index (κ1) is 12.0. The van der Waals surface area contributed by atoms with Crippen LogP contribution in [0, 0.1) is 5.92 Å². The van der Waals surface area contributed by atoms with Gasteiger partial charge in [0.25, 0.3) is 0 Å². The molecule has 0 spiro atoms. The highest BCUT2D eigenvalue weighted by molar-refractivity contribution is 5.87. The second-order valence-electron chi connectivity index (χ2n) is 4.44. The van der Waals surface area contributed by atoms with Crippen LogP contribution in [0.2, 0.25) is 0 Å². The number of carbonyl (C=O) groups excluding carboxylic acids is 2. The van der Waals surface area contributed by atoms with Crippen molar-refractivity contribution < 1.29 is 9.59 Å². The molecule has 0 aromatic carbocycles. The van der Waals surface area contributed by atoms with Crippen molar-refractivity contribution in [3.05, 3.63) is 0 Å². The van der Waals surface area contributed by atoms with Gasteiger partial charge < -0.3 is 16.4 Å². The molecule has 1 rings (SSSR count). The smallest absolute Gasteiger partial charge is 0.240 e. The number of hydrogen-bond acceptors (Lipinski definition) is 3. The van der Waals surface area contributed by atoms with Crippen molar-refractivity contribution in [1.29, 1.82) is 0 Å². The van der Waals surface area contributed by atoms with Crippen LogP contribution in [0.4, 0.5) is 0 Å². The van der Waals surface area contributed by atoms with Crippen molar-refractivity contribution in [2.45, 2.75) is 38.8 Å². The van der Waals surface area contributed by atoms with Crippen LogP contribution in [0.3, 0.4) is 0 Å². The average Bonchev–Trinajstić information content (AvgIpc) is 2.10. The SMILES string of the molecule is CC(C)[C@H](C(N)=O)N1C[C@H](N)CCC1=O. The van der Waals surface area contributed by atoms with Gasteiger partial charge in [0, 0.05) is 19.0 Å². The van der Waals surface area contributed by atoms with Gasteiger partial charge in [-0.3, -0.25) is 9.59 Å². The van der Waals surface area contributed by atoms with E-state index < -0.39 is 11.9 Å². The lowest BCUT2D eigenvalue weighted by molar-refractivity contribution is -0.143. The van der Waals surface area contributed by atoms with E-state index in [2.05, 4.69) is 0 Å². The van der Waals surface area contributed by atoms with E-state index in [0.717, 1.165) is 0 Å². The first-order valence-electron chi connectivity index (χ1n) is 5.28. The summed E-state index contributed by atoms with van der Waals surface area (Å²) < 4.78 is 0. The van der Waals surface area contributed by atoms with Crippen molar-refractivity contribution in [3.8, 4) is 0 Å². The molecule has 1 aliphatic heterocycles. The maximum absolute atomic E-state index is 11.7. The van der Waals surface area contributed by atoms with Crippen molar-refractivity contribution in [2.75, 3.05) is 6.54 Å². The normalized spacial score (nSPS) is 24.4.